The first kappa shape index (κ1) is 22.9. The van der Waals surface area contributed by atoms with E-state index in [-0.39, 0.29) is 5.54 Å². The summed E-state index contributed by atoms with van der Waals surface area (Å²) in [6, 6.07) is 20.1. The molecule has 0 bridgehead atoms. The van der Waals surface area contributed by atoms with Gasteiger partial charge in [0.25, 0.3) is 0 Å². The third-order valence-corrected chi connectivity index (χ3v) is 6.58. The van der Waals surface area contributed by atoms with Crippen molar-refractivity contribution in [1.82, 2.24) is 0 Å². The largest absolute Gasteiger partial charge is 0.493 e. The highest BCUT2D eigenvalue weighted by molar-refractivity contribution is 5.86. The van der Waals surface area contributed by atoms with E-state index in [1.54, 1.807) is 7.11 Å². The minimum Gasteiger partial charge on any atom is -0.493 e. The van der Waals surface area contributed by atoms with Gasteiger partial charge in [-0.1, -0.05) is 19.1 Å². The van der Waals surface area contributed by atoms with Crippen LogP contribution >= 0.6 is 0 Å². The van der Waals surface area contributed by atoms with Gasteiger partial charge in [-0.05, 0) is 105 Å². The van der Waals surface area contributed by atoms with Gasteiger partial charge in [-0.15, -0.1) is 0 Å². The molecule has 3 aromatic rings. The van der Waals surface area contributed by atoms with Crippen LogP contribution in [0.1, 0.15) is 56.7 Å². The van der Waals surface area contributed by atoms with Crippen molar-refractivity contribution in [3.63, 3.8) is 0 Å². The highest BCUT2D eigenvalue weighted by Crippen LogP contribution is 2.44. The molecule has 0 saturated heterocycles. The monoisotopic (exact) mass is 442 g/mol. The van der Waals surface area contributed by atoms with Crippen LogP contribution in [-0.2, 0) is 0 Å². The Hall–Kier alpha value is -3.27. The van der Waals surface area contributed by atoms with E-state index in [9.17, 15) is 0 Å². The standard InChI is InChI=1S/C29H34N2O2/c1-7-31-26-16-20(2)22(17-25(26)21(3)18-29(31,4)5)19-30-23-12-14-24(15-13-23)33-28-11-9-8-10-27(28)32-6/h8-17,19,21H,7,18H2,1-6H3/t21-/m0/s1. The molecule has 1 aliphatic rings. The average molecular weight is 443 g/mol. The molecule has 4 rings (SSSR count). The molecule has 0 radical (unpaired) electrons. The fraction of sp³-hybridized carbons (Fsp3) is 0.345. The fourth-order valence-electron chi connectivity index (χ4n) is 4.96. The molecular formula is C29H34N2O2. The zero-order chi connectivity index (χ0) is 23.6. The lowest BCUT2D eigenvalue weighted by Crippen LogP contribution is -2.48. The van der Waals surface area contributed by atoms with Gasteiger partial charge < -0.3 is 14.4 Å². The second kappa shape index (κ2) is 9.30. The van der Waals surface area contributed by atoms with Crippen LogP contribution in [-0.4, -0.2) is 25.4 Å². The van der Waals surface area contributed by atoms with Crippen molar-refractivity contribution < 1.29 is 9.47 Å². The summed E-state index contributed by atoms with van der Waals surface area (Å²) in [5.74, 6) is 2.68. The van der Waals surface area contributed by atoms with Crippen molar-refractivity contribution in [3.05, 3.63) is 77.4 Å². The Morgan fingerprint density at radius 1 is 1.06 bits per heavy atom. The summed E-state index contributed by atoms with van der Waals surface area (Å²) in [5.41, 5.74) is 6.28. The van der Waals surface area contributed by atoms with E-state index < -0.39 is 0 Å². The Morgan fingerprint density at radius 3 is 2.42 bits per heavy atom. The van der Waals surface area contributed by atoms with E-state index >= 15 is 0 Å². The van der Waals surface area contributed by atoms with Crippen molar-refractivity contribution in [3.8, 4) is 17.2 Å². The van der Waals surface area contributed by atoms with Crippen molar-refractivity contribution in [2.24, 2.45) is 4.99 Å². The number of ether oxygens (including phenoxy) is 2. The quantitative estimate of drug-likeness (QED) is 0.368. The Labute approximate surface area is 197 Å². The number of para-hydroxylation sites is 2. The molecule has 33 heavy (non-hydrogen) atoms. The van der Waals surface area contributed by atoms with E-state index in [0.29, 0.717) is 17.4 Å². The van der Waals surface area contributed by atoms with Crippen molar-refractivity contribution in [2.75, 3.05) is 18.6 Å². The predicted molar refractivity (Wildman–Crippen MR) is 138 cm³/mol. The molecule has 0 amide bonds. The minimum atomic E-state index is 0.177. The highest BCUT2D eigenvalue weighted by atomic mass is 16.5. The molecule has 0 spiro atoms. The number of methoxy groups -OCH3 is 1. The van der Waals surface area contributed by atoms with E-state index in [0.717, 1.165) is 24.4 Å². The molecule has 0 aromatic heterocycles. The normalized spacial score (nSPS) is 17.2. The Bertz CT molecular complexity index is 1150. The van der Waals surface area contributed by atoms with Gasteiger partial charge in [0.1, 0.15) is 5.75 Å². The smallest absolute Gasteiger partial charge is 0.169 e. The molecule has 172 valence electrons. The minimum absolute atomic E-state index is 0.177. The molecule has 0 aliphatic carbocycles. The van der Waals surface area contributed by atoms with Gasteiger partial charge in [0.05, 0.1) is 12.8 Å². The number of benzene rings is 3. The number of anilines is 1. The lowest BCUT2D eigenvalue weighted by Gasteiger charge is -2.47. The summed E-state index contributed by atoms with van der Waals surface area (Å²) in [7, 11) is 1.64. The maximum atomic E-state index is 5.97. The SMILES string of the molecule is CCN1c2cc(C)c(C=Nc3ccc(Oc4ccccc4OC)cc3)cc2[C@@H](C)CC1(C)C. The van der Waals surface area contributed by atoms with Gasteiger partial charge in [-0.3, -0.25) is 4.99 Å². The lowest BCUT2D eigenvalue weighted by atomic mass is 9.79. The van der Waals surface area contributed by atoms with Crippen LogP contribution < -0.4 is 14.4 Å². The summed E-state index contributed by atoms with van der Waals surface area (Å²) in [6.45, 7) is 12.5. The van der Waals surface area contributed by atoms with Crippen LogP contribution in [0.25, 0.3) is 0 Å². The number of aryl methyl sites for hydroxylation is 1. The fourth-order valence-corrected chi connectivity index (χ4v) is 4.96. The summed E-state index contributed by atoms with van der Waals surface area (Å²) >= 11 is 0. The van der Waals surface area contributed by atoms with E-state index in [2.05, 4.69) is 51.7 Å². The van der Waals surface area contributed by atoms with Crippen LogP contribution in [0.4, 0.5) is 11.4 Å². The number of aliphatic imine (C=N–C) groups is 1. The first-order valence-corrected chi connectivity index (χ1v) is 11.7. The Balaban J connectivity index is 1.54. The average Bonchev–Trinajstić information content (AvgIpc) is 2.79. The number of nitrogens with zero attached hydrogens (tertiary/aromatic N) is 2. The van der Waals surface area contributed by atoms with Crippen LogP contribution in [0.3, 0.4) is 0 Å². The molecular weight excluding hydrogens is 408 g/mol. The Kier molecular flexibility index (Phi) is 6.46. The summed E-state index contributed by atoms with van der Waals surface area (Å²) < 4.78 is 11.3. The third-order valence-electron chi connectivity index (χ3n) is 6.58. The van der Waals surface area contributed by atoms with Crippen molar-refractivity contribution in [2.45, 2.75) is 52.5 Å². The first-order valence-electron chi connectivity index (χ1n) is 11.7. The van der Waals surface area contributed by atoms with Gasteiger partial charge in [-0.25, -0.2) is 0 Å². The van der Waals surface area contributed by atoms with Gasteiger partial charge in [0, 0.05) is 24.0 Å². The van der Waals surface area contributed by atoms with Crippen LogP contribution in [0.5, 0.6) is 17.2 Å². The molecule has 0 saturated carbocycles. The maximum absolute atomic E-state index is 5.97. The summed E-state index contributed by atoms with van der Waals surface area (Å²) in [4.78, 5) is 7.28. The number of rotatable bonds is 6. The van der Waals surface area contributed by atoms with Crippen LogP contribution in [0, 0.1) is 6.92 Å². The number of hydrogen-bond acceptors (Lipinski definition) is 4. The van der Waals surface area contributed by atoms with Crippen LogP contribution in [0.2, 0.25) is 0 Å². The maximum Gasteiger partial charge on any atom is 0.169 e. The zero-order valence-electron chi connectivity index (χ0n) is 20.6. The first-order chi connectivity index (χ1) is 15.8. The topological polar surface area (TPSA) is 34.1 Å². The molecule has 1 aliphatic heterocycles. The zero-order valence-corrected chi connectivity index (χ0v) is 20.6. The molecule has 3 aromatic carbocycles. The van der Waals surface area contributed by atoms with Crippen molar-refractivity contribution >= 4 is 17.6 Å². The molecule has 0 unspecified atom stereocenters. The second-order valence-electron chi connectivity index (χ2n) is 9.43. The summed E-state index contributed by atoms with van der Waals surface area (Å²) in [5, 5.41) is 0. The Morgan fingerprint density at radius 2 is 1.76 bits per heavy atom. The molecule has 4 nitrogen and oxygen atoms in total. The van der Waals surface area contributed by atoms with E-state index in [1.807, 2.05) is 54.7 Å². The van der Waals surface area contributed by atoms with Gasteiger partial charge >= 0.3 is 0 Å². The van der Waals surface area contributed by atoms with Crippen molar-refractivity contribution in [1.29, 1.82) is 0 Å². The summed E-state index contributed by atoms with van der Waals surface area (Å²) in [6.07, 6.45) is 3.13. The lowest BCUT2D eigenvalue weighted by molar-refractivity contribution is 0.379. The van der Waals surface area contributed by atoms with Gasteiger partial charge in [0.15, 0.2) is 11.5 Å². The highest BCUT2D eigenvalue weighted by Gasteiger charge is 2.35. The second-order valence-corrected chi connectivity index (χ2v) is 9.43. The van der Waals surface area contributed by atoms with Crippen LogP contribution in [0.15, 0.2) is 65.7 Å². The van der Waals surface area contributed by atoms with Gasteiger partial charge in [0.2, 0.25) is 0 Å². The van der Waals surface area contributed by atoms with E-state index in [4.69, 9.17) is 14.5 Å². The molecule has 1 atom stereocenters. The molecule has 0 fully saturated rings. The van der Waals surface area contributed by atoms with E-state index in [1.165, 1.54) is 22.4 Å². The third kappa shape index (κ3) is 4.75. The van der Waals surface area contributed by atoms with Gasteiger partial charge in [-0.2, -0.15) is 0 Å². The number of hydrogen-bond donors (Lipinski definition) is 0. The molecule has 0 N–H and O–H groups in total. The number of fused-ring (bicyclic) bond motifs is 1. The molecule has 1 heterocycles. The predicted octanol–water partition coefficient (Wildman–Crippen LogP) is 7.66. The molecule has 4 heteroatoms.